The minimum atomic E-state index is -0.306. The summed E-state index contributed by atoms with van der Waals surface area (Å²) in [6.07, 6.45) is 0. The number of carbonyl (C=O) groups is 1. The fourth-order valence-corrected chi connectivity index (χ4v) is 2.28. The van der Waals surface area contributed by atoms with Crippen LogP contribution in [0, 0.1) is 11.3 Å². The van der Waals surface area contributed by atoms with Crippen molar-refractivity contribution in [3.05, 3.63) is 66.2 Å². The van der Waals surface area contributed by atoms with Crippen molar-refractivity contribution in [1.82, 2.24) is 4.98 Å². The second kappa shape index (κ2) is 7.89. The van der Waals surface area contributed by atoms with E-state index in [1.165, 1.54) is 13.0 Å². The van der Waals surface area contributed by atoms with Crippen molar-refractivity contribution in [3.8, 4) is 29.2 Å². The van der Waals surface area contributed by atoms with Crippen LogP contribution in [0.2, 0.25) is 0 Å². The van der Waals surface area contributed by atoms with Gasteiger partial charge in [0.05, 0.1) is 5.69 Å². The van der Waals surface area contributed by atoms with Crippen molar-refractivity contribution in [2.45, 2.75) is 6.92 Å². The topological polar surface area (TPSA) is 110 Å². The number of hydrogen-bond donors (Lipinski definition) is 2. The van der Waals surface area contributed by atoms with Gasteiger partial charge >= 0.3 is 0 Å². The molecule has 0 saturated carbocycles. The van der Waals surface area contributed by atoms with Gasteiger partial charge in [-0.25, -0.2) is 0 Å². The van der Waals surface area contributed by atoms with Crippen molar-refractivity contribution in [2.75, 3.05) is 11.1 Å². The summed E-state index contributed by atoms with van der Waals surface area (Å²) in [5.41, 5.74) is 6.11. The Labute approximate surface area is 156 Å². The molecule has 27 heavy (non-hydrogen) atoms. The lowest BCUT2D eigenvalue weighted by Gasteiger charge is -2.11. The number of para-hydroxylation sites is 1. The summed E-state index contributed by atoms with van der Waals surface area (Å²) in [4.78, 5) is 15.4. The Balaban J connectivity index is 1.81. The first-order valence-corrected chi connectivity index (χ1v) is 8.04. The Hall–Kier alpha value is -4.05. The van der Waals surface area contributed by atoms with Gasteiger partial charge in [0.25, 0.3) is 0 Å². The van der Waals surface area contributed by atoms with E-state index in [-0.39, 0.29) is 28.9 Å². The zero-order chi connectivity index (χ0) is 19.2. The van der Waals surface area contributed by atoms with Gasteiger partial charge in [-0.2, -0.15) is 10.2 Å². The monoisotopic (exact) mass is 360 g/mol. The van der Waals surface area contributed by atoms with Gasteiger partial charge in [0, 0.05) is 13.0 Å². The molecular formula is C20H16N4O3. The molecule has 7 nitrogen and oxygen atoms in total. The molecule has 2 aromatic carbocycles. The molecule has 0 aliphatic carbocycles. The van der Waals surface area contributed by atoms with Crippen LogP contribution in [0.15, 0.2) is 60.7 Å². The highest BCUT2D eigenvalue weighted by Crippen LogP contribution is 2.31. The maximum absolute atomic E-state index is 11.2. The number of carbonyl (C=O) groups excluding carboxylic acids is 1. The molecule has 3 aromatic rings. The molecule has 134 valence electrons. The van der Waals surface area contributed by atoms with Crippen LogP contribution in [0.3, 0.4) is 0 Å². The molecule has 0 radical (unpaired) electrons. The van der Waals surface area contributed by atoms with E-state index < -0.39 is 0 Å². The van der Waals surface area contributed by atoms with E-state index in [0.717, 1.165) is 5.75 Å². The molecule has 0 atom stereocenters. The van der Waals surface area contributed by atoms with Gasteiger partial charge in [0.2, 0.25) is 11.8 Å². The summed E-state index contributed by atoms with van der Waals surface area (Å²) in [5, 5.41) is 11.8. The van der Waals surface area contributed by atoms with E-state index >= 15 is 0 Å². The van der Waals surface area contributed by atoms with Crippen molar-refractivity contribution in [2.24, 2.45) is 0 Å². The Morgan fingerprint density at radius 3 is 2.22 bits per heavy atom. The van der Waals surface area contributed by atoms with E-state index in [1.54, 1.807) is 24.3 Å². The van der Waals surface area contributed by atoms with Crippen LogP contribution in [0.25, 0.3) is 0 Å². The molecule has 1 amide bonds. The number of benzene rings is 2. The number of rotatable bonds is 5. The smallest absolute Gasteiger partial charge is 0.241 e. The second-order valence-electron chi connectivity index (χ2n) is 5.56. The van der Waals surface area contributed by atoms with Crippen LogP contribution in [0.1, 0.15) is 12.5 Å². The molecule has 0 aliphatic rings. The highest BCUT2D eigenvalue weighted by Gasteiger charge is 2.14. The third-order valence-corrected chi connectivity index (χ3v) is 3.45. The van der Waals surface area contributed by atoms with Crippen LogP contribution in [0.4, 0.5) is 11.5 Å². The molecule has 0 bridgehead atoms. The van der Waals surface area contributed by atoms with Crippen LogP contribution in [-0.4, -0.2) is 10.9 Å². The first-order chi connectivity index (χ1) is 13.0. The van der Waals surface area contributed by atoms with E-state index in [2.05, 4.69) is 10.3 Å². The van der Waals surface area contributed by atoms with Crippen molar-refractivity contribution in [1.29, 1.82) is 5.26 Å². The number of nitrogen functional groups attached to an aromatic ring is 1. The van der Waals surface area contributed by atoms with Crippen molar-refractivity contribution >= 4 is 17.4 Å². The predicted octanol–water partition coefficient (Wildman–Crippen LogP) is 4.08. The molecule has 0 aliphatic heterocycles. The summed E-state index contributed by atoms with van der Waals surface area (Å²) in [6.45, 7) is 1.35. The van der Waals surface area contributed by atoms with Crippen LogP contribution in [0.5, 0.6) is 23.1 Å². The van der Waals surface area contributed by atoms with Gasteiger partial charge in [-0.1, -0.05) is 18.2 Å². The molecule has 3 N–H and O–H groups in total. The molecule has 7 heteroatoms. The standard InChI is InChI=1S/C20H16N4O3/c1-13(25)23-19-11-18(22)17(12-21)20(24-19)27-16-9-7-15(8-10-16)26-14-5-3-2-4-6-14/h2-11H,1H3,(H3,22,23,24,25). The highest BCUT2D eigenvalue weighted by atomic mass is 16.5. The molecule has 0 unspecified atom stereocenters. The molecular weight excluding hydrogens is 344 g/mol. The zero-order valence-corrected chi connectivity index (χ0v) is 14.5. The summed E-state index contributed by atoms with van der Waals surface area (Å²) in [7, 11) is 0. The summed E-state index contributed by atoms with van der Waals surface area (Å²) < 4.78 is 11.4. The molecule has 0 spiro atoms. The minimum absolute atomic E-state index is 0.0120. The average Bonchev–Trinajstić information content (AvgIpc) is 2.63. The number of ether oxygens (including phenoxy) is 2. The Morgan fingerprint density at radius 1 is 1.04 bits per heavy atom. The Kier molecular flexibility index (Phi) is 5.19. The number of amides is 1. The largest absolute Gasteiger partial charge is 0.457 e. The van der Waals surface area contributed by atoms with E-state index in [0.29, 0.717) is 11.5 Å². The predicted molar refractivity (Wildman–Crippen MR) is 101 cm³/mol. The summed E-state index contributed by atoms with van der Waals surface area (Å²) in [6, 6.07) is 19.6. The van der Waals surface area contributed by atoms with Gasteiger partial charge < -0.3 is 20.5 Å². The van der Waals surface area contributed by atoms with E-state index in [9.17, 15) is 10.1 Å². The highest BCUT2D eigenvalue weighted by molar-refractivity contribution is 5.88. The summed E-state index contributed by atoms with van der Waals surface area (Å²) in [5.74, 6) is 1.71. The summed E-state index contributed by atoms with van der Waals surface area (Å²) >= 11 is 0. The van der Waals surface area contributed by atoms with Gasteiger partial charge in [-0.3, -0.25) is 4.79 Å². The third kappa shape index (κ3) is 4.52. The van der Waals surface area contributed by atoms with E-state index in [1.807, 2.05) is 36.4 Å². The van der Waals surface area contributed by atoms with Crippen LogP contribution >= 0.6 is 0 Å². The van der Waals surface area contributed by atoms with Crippen molar-refractivity contribution < 1.29 is 14.3 Å². The van der Waals surface area contributed by atoms with Crippen molar-refractivity contribution in [3.63, 3.8) is 0 Å². The normalized spacial score (nSPS) is 9.93. The third-order valence-electron chi connectivity index (χ3n) is 3.45. The Morgan fingerprint density at radius 2 is 1.63 bits per heavy atom. The first-order valence-electron chi connectivity index (χ1n) is 8.04. The fraction of sp³-hybridized carbons (Fsp3) is 0.0500. The number of nitrogens with two attached hydrogens (primary N) is 1. The number of nitriles is 1. The number of anilines is 2. The van der Waals surface area contributed by atoms with Crippen LogP contribution in [-0.2, 0) is 4.79 Å². The molecule has 0 saturated heterocycles. The number of nitrogens with zero attached hydrogens (tertiary/aromatic N) is 2. The molecule has 3 rings (SSSR count). The lowest BCUT2D eigenvalue weighted by molar-refractivity contribution is -0.114. The lowest BCUT2D eigenvalue weighted by Crippen LogP contribution is -2.09. The van der Waals surface area contributed by atoms with Gasteiger partial charge in [-0.15, -0.1) is 0 Å². The Bertz CT molecular complexity index is 996. The molecule has 0 fully saturated rings. The quantitative estimate of drug-likeness (QED) is 0.709. The number of nitrogens with one attached hydrogen (secondary N) is 1. The number of pyridine rings is 1. The zero-order valence-electron chi connectivity index (χ0n) is 14.5. The van der Waals surface area contributed by atoms with E-state index in [4.69, 9.17) is 15.2 Å². The first kappa shape index (κ1) is 17.8. The number of aromatic nitrogens is 1. The maximum Gasteiger partial charge on any atom is 0.241 e. The maximum atomic E-state index is 11.2. The lowest BCUT2D eigenvalue weighted by atomic mass is 10.2. The average molecular weight is 360 g/mol. The minimum Gasteiger partial charge on any atom is -0.457 e. The van der Waals surface area contributed by atoms with Gasteiger partial charge in [0.15, 0.2) is 0 Å². The fourth-order valence-electron chi connectivity index (χ4n) is 2.28. The van der Waals surface area contributed by atoms with Crippen LogP contribution < -0.4 is 20.5 Å². The number of hydrogen-bond acceptors (Lipinski definition) is 6. The second-order valence-corrected chi connectivity index (χ2v) is 5.56. The SMILES string of the molecule is CC(=O)Nc1cc(N)c(C#N)c(Oc2ccc(Oc3ccccc3)cc2)n1. The van der Waals surface area contributed by atoms with Gasteiger partial charge in [-0.05, 0) is 36.4 Å². The molecule has 1 aromatic heterocycles. The molecule has 1 heterocycles. The van der Waals surface area contributed by atoms with Gasteiger partial charge in [0.1, 0.15) is 34.7 Å².